The van der Waals surface area contributed by atoms with E-state index in [2.05, 4.69) is 0 Å². The molecule has 6 heteroatoms. The van der Waals surface area contributed by atoms with Crippen molar-refractivity contribution in [2.24, 2.45) is 5.41 Å². The average Bonchev–Trinajstić information content (AvgIpc) is 2.52. The summed E-state index contributed by atoms with van der Waals surface area (Å²) in [4.78, 5) is 25.5. The zero-order valence-corrected chi connectivity index (χ0v) is 13.7. The van der Waals surface area contributed by atoms with Gasteiger partial charge in [-0.15, -0.1) is 0 Å². The summed E-state index contributed by atoms with van der Waals surface area (Å²) in [6.45, 7) is 4.23. The molecule has 1 aromatic carbocycles. The second-order valence-electron chi connectivity index (χ2n) is 6.12. The molecule has 6 nitrogen and oxygen atoms in total. The van der Waals surface area contributed by atoms with Gasteiger partial charge in [-0.2, -0.15) is 0 Å². The molecular formula is C17H23NO5. The van der Waals surface area contributed by atoms with Gasteiger partial charge in [0.05, 0.1) is 26.4 Å². The van der Waals surface area contributed by atoms with Crippen LogP contribution in [0.3, 0.4) is 0 Å². The molecule has 2 unspecified atom stereocenters. The molecule has 0 spiro atoms. The van der Waals surface area contributed by atoms with Crippen LogP contribution in [0, 0.1) is 19.3 Å². The lowest BCUT2D eigenvalue weighted by Crippen LogP contribution is -2.52. The lowest BCUT2D eigenvalue weighted by molar-refractivity contribution is -0.167. The Balaban J connectivity index is 2.37. The lowest BCUT2D eigenvalue weighted by Gasteiger charge is -2.39. The van der Waals surface area contributed by atoms with Gasteiger partial charge in [-0.3, -0.25) is 9.59 Å². The van der Waals surface area contributed by atoms with Gasteiger partial charge in [0, 0.05) is 12.2 Å². The molecule has 1 saturated heterocycles. The number of rotatable bonds is 5. The fraction of sp³-hybridized carbons (Fsp3) is 0.529. The van der Waals surface area contributed by atoms with Gasteiger partial charge in [0.1, 0.15) is 5.41 Å². The fourth-order valence-corrected chi connectivity index (χ4v) is 3.25. The number of carbonyl (C=O) groups excluding carboxylic acids is 2. The predicted octanol–water partition coefficient (Wildman–Crippen LogP) is 1.21. The van der Waals surface area contributed by atoms with E-state index in [-0.39, 0.29) is 26.2 Å². The van der Waals surface area contributed by atoms with Gasteiger partial charge in [-0.25, -0.2) is 0 Å². The van der Waals surface area contributed by atoms with Crippen molar-refractivity contribution in [3.63, 3.8) is 0 Å². The van der Waals surface area contributed by atoms with Crippen molar-refractivity contribution in [2.75, 3.05) is 31.8 Å². The second kappa shape index (κ2) is 7.10. The van der Waals surface area contributed by atoms with Crippen LogP contribution in [0.2, 0.25) is 0 Å². The molecule has 1 fully saturated rings. The van der Waals surface area contributed by atoms with Crippen LogP contribution in [0.5, 0.6) is 0 Å². The number of benzene rings is 1. The summed E-state index contributed by atoms with van der Waals surface area (Å²) in [5, 5.41) is 9.91. The summed E-state index contributed by atoms with van der Waals surface area (Å²) >= 11 is 0. The molecule has 1 heterocycles. The van der Waals surface area contributed by atoms with Crippen LogP contribution in [0.4, 0.5) is 5.69 Å². The molecule has 0 aliphatic carbocycles. The summed E-state index contributed by atoms with van der Waals surface area (Å²) in [5.74, 6) is -0.477. The number of aliphatic hydroxyl groups excluding tert-OH is 1. The minimum absolute atomic E-state index is 0.103. The van der Waals surface area contributed by atoms with Crippen LogP contribution in [0.25, 0.3) is 0 Å². The first-order chi connectivity index (χ1) is 10.9. The molecule has 23 heavy (non-hydrogen) atoms. The monoisotopic (exact) mass is 321 g/mol. The molecule has 0 saturated carbocycles. The Morgan fingerprint density at radius 1 is 1.48 bits per heavy atom. The van der Waals surface area contributed by atoms with Crippen molar-refractivity contribution in [3.05, 3.63) is 29.3 Å². The first-order valence-corrected chi connectivity index (χ1v) is 7.56. The number of hydrogen-bond acceptors (Lipinski definition) is 5. The van der Waals surface area contributed by atoms with Gasteiger partial charge in [-0.1, -0.05) is 18.2 Å². The minimum atomic E-state index is -1.07. The van der Waals surface area contributed by atoms with E-state index in [0.717, 1.165) is 16.8 Å². The van der Waals surface area contributed by atoms with Crippen molar-refractivity contribution >= 4 is 18.1 Å². The standard InChI is InChI=1S/C17H23NO5/c1-12-5-4-6-13(2)15(12)18(11-19)9-17(16(21)22-3)7-14(20)8-23-10-17/h4-6,11,14,20H,7-10H2,1-3H3. The van der Waals surface area contributed by atoms with Gasteiger partial charge in [-0.05, 0) is 31.4 Å². The van der Waals surface area contributed by atoms with Gasteiger partial charge in [0.15, 0.2) is 0 Å². The van der Waals surface area contributed by atoms with Crippen LogP contribution in [-0.4, -0.2) is 50.5 Å². The largest absolute Gasteiger partial charge is 0.468 e. The highest BCUT2D eigenvalue weighted by Gasteiger charge is 2.46. The maximum absolute atomic E-state index is 12.3. The van der Waals surface area contributed by atoms with Crippen LogP contribution in [-0.2, 0) is 19.1 Å². The van der Waals surface area contributed by atoms with Gasteiger partial charge >= 0.3 is 5.97 Å². The molecule has 0 bridgehead atoms. The number of methoxy groups -OCH3 is 1. The number of esters is 1. The Bertz CT molecular complexity index is 568. The fourth-order valence-electron chi connectivity index (χ4n) is 3.25. The molecular weight excluding hydrogens is 298 g/mol. The summed E-state index contributed by atoms with van der Waals surface area (Å²) in [5.41, 5.74) is 1.58. The van der Waals surface area contributed by atoms with E-state index in [0.29, 0.717) is 6.41 Å². The first kappa shape index (κ1) is 17.4. The normalized spacial score (nSPS) is 24.1. The number of anilines is 1. The van der Waals surface area contributed by atoms with E-state index < -0.39 is 17.5 Å². The quantitative estimate of drug-likeness (QED) is 0.651. The van der Waals surface area contributed by atoms with Crippen molar-refractivity contribution in [1.82, 2.24) is 0 Å². The zero-order chi connectivity index (χ0) is 17.0. The first-order valence-electron chi connectivity index (χ1n) is 7.56. The number of aryl methyl sites for hydroxylation is 2. The van der Waals surface area contributed by atoms with Crippen molar-refractivity contribution in [2.45, 2.75) is 26.4 Å². The van der Waals surface area contributed by atoms with E-state index in [4.69, 9.17) is 9.47 Å². The third-order valence-corrected chi connectivity index (χ3v) is 4.26. The number of nitrogens with zero attached hydrogens (tertiary/aromatic N) is 1. The number of ether oxygens (including phenoxy) is 2. The molecule has 2 atom stereocenters. The predicted molar refractivity (Wildman–Crippen MR) is 85.2 cm³/mol. The second-order valence-corrected chi connectivity index (χ2v) is 6.12. The maximum Gasteiger partial charge on any atom is 0.316 e. The highest BCUT2D eigenvalue weighted by Crippen LogP contribution is 2.34. The van der Waals surface area contributed by atoms with Crippen LogP contribution < -0.4 is 4.90 Å². The Morgan fingerprint density at radius 2 is 2.13 bits per heavy atom. The number of carbonyl (C=O) groups is 2. The number of para-hydroxylation sites is 1. The van der Waals surface area contributed by atoms with Crippen molar-refractivity contribution in [1.29, 1.82) is 0 Å². The lowest BCUT2D eigenvalue weighted by atomic mass is 9.80. The Hall–Kier alpha value is -1.92. The Kier molecular flexibility index (Phi) is 5.38. The topological polar surface area (TPSA) is 76.1 Å². The van der Waals surface area contributed by atoms with Crippen LogP contribution >= 0.6 is 0 Å². The summed E-state index contributed by atoms with van der Waals surface area (Å²) in [6, 6.07) is 5.74. The Morgan fingerprint density at radius 3 is 2.65 bits per heavy atom. The van der Waals surface area contributed by atoms with Crippen LogP contribution in [0.15, 0.2) is 18.2 Å². The molecule has 1 aliphatic heterocycles. The van der Waals surface area contributed by atoms with E-state index in [1.807, 2.05) is 32.0 Å². The molecule has 1 aliphatic rings. The van der Waals surface area contributed by atoms with Gasteiger partial charge in [0.2, 0.25) is 6.41 Å². The van der Waals surface area contributed by atoms with Crippen LogP contribution in [0.1, 0.15) is 17.5 Å². The minimum Gasteiger partial charge on any atom is -0.468 e. The van der Waals surface area contributed by atoms with Gasteiger partial charge in [0.25, 0.3) is 0 Å². The smallest absolute Gasteiger partial charge is 0.316 e. The molecule has 0 aromatic heterocycles. The molecule has 126 valence electrons. The summed E-state index contributed by atoms with van der Waals surface area (Å²) in [7, 11) is 1.30. The molecule has 1 amide bonds. The maximum atomic E-state index is 12.3. The van der Waals surface area contributed by atoms with E-state index in [1.54, 1.807) is 0 Å². The molecule has 1 aromatic rings. The summed E-state index contributed by atoms with van der Waals surface area (Å²) in [6.07, 6.45) is 0.157. The van der Waals surface area contributed by atoms with Crippen molar-refractivity contribution < 1.29 is 24.2 Å². The number of aliphatic hydroxyl groups is 1. The highest BCUT2D eigenvalue weighted by atomic mass is 16.5. The Labute approximate surface area is 136 Å². The third-order valence-electron chi connectivity index (χ3n) is 4.26. The molecule has 2 rings (SSSR count). The van der Waals surface area contributed by atoms with Crippen molar-refractivity contribution in [3.8, 4) is 0 Å². The average molecular weight is 321 g/mol. The number of amides is 1. The van der Waals surface area contributed by atoms with E-state index in [9.17, 15) is 14.7 Å². The third kappa shape index (κ3) is 3.54. The summed E-state index contributed by atoms with van der Waals surface area (Å²) < 4.78 is 10.3. The van der Waals surface area contributed by atoms with Gasteiger partial charge < -0.3 is 19.5 Å². The molecule has 0 radical (unpaired) electrons. The van der Waals surface area contributed by atoms with E-state index >= 15 is 0 Å². The number of hydrogen-bond donors (Lipinski definition) is 1. The highest BCUT2D eigenvalue weighted by molar-refractivity contribution is 5.83. The SMILES string of the molecule is COC(=O)C1(CN(C=O)c2c(C)cccc2C)COCC(O)C1. The van der Waals surface area contributed by atoms with E-state index in [1.165, 1.54) is 12.0 Å². The molecule has 1 N–H and O–H groups in total. The zero-order valence-electron chi connectivity index (χ0n) is 13.7.